The zero-order valence-corrected chi connectivity index (χ0v) is 16.9. The molecule has 2 unspecified atom stereocenters. The second kappa shape index (κ2) is 7.23. The van der Waals surface area contributed by atoms with Crippen LogP contribution in [-0.4, -0.2) is 51.1 Å². The van der Waals surface area contributed by atoms with Gasteiger partial charge in [0.1, 0.15) is 5.52 Å². The molecule has 1 aliphatic heterocycles. The molecule has 1 fully saturated rings. The van der Waals surface area contributed by atoms with Crippen molar-refractivity contribution < 1.29 is 4.79 Å². The molecular weight excluding hydrogens is 374 g/mol. The van der Waals surface area contributed by atoms with Gasteiger partial charge < -0.3 is 20.9 Å². The number of carbonyl (C=O) groups excluding carboxylic acids is 1. The number of thiazole rings is 1. The molecule has 0 radical (unpaired) electrons. The number of nitrogen functional groups attached to an aromatic ring is 1. The maximum Gasteiger partial charge on any atom is 0.322 e. The van der Waals surface area contributed by atoms with Gasteiger partial charge in [-0.05, 0) is 32.9 Å². The number of anilines is 3. The summed E-state index contributed by atoms with van der Waals surface area (Å²) in [4.78, 5) is 30.7. The van der Waals surface area contributed by atoms with E-state index in [0.29, 0.717) is 13.1 Å². The van der Waals surface area contributed by atoms with Crippen LogP contribution in [0, 0.1) is 6.92 Å². The molecule has 0 spiro atoms. The highest BCUT2D eigenvalue weighted by Crippen LogP contribution is 2.30. The Morgan fingerprint density at radius 3 is 2.68 bits per heavy atom. The fraction of sp³-hybridized carbons (Fsp3) is 0.368. The molecule has 4 rings (SSSR count). The lowest BCUT2D eigenvalue weighted by atomic mass is 10.0. The van der Waals surface area contributed by atoms with Crippen molar-refractivity contribution in [3.05, 3.63) is 35.3 Å². The van der Waals surface area contributed by atoms with Gasteiger partial charge in [0.15, 0.2) is 10.6 Å². The summed E-state index contributed by atoms with van der Waals surface area (Å²) in [6.07, 6.45) is 0. The Labute approximate surface area is 167 Å². The largest absolute Gasteiger partial charge is 0.368 e. The highest BCUT2D eigenvalue weighted by Gasteiger charge is 2.35. The third kappa shape index (κ3) is 3.33. The third-order valence-corrected chi connectivity index (χ3v) is 6.01. The van der Waals surface area contributed by atoms with Crippen molar-refractivity contribution in [1.29, 1.82) is 0 Å². The van der Waals surface area contributed by atoms with Crippen LogP contribution >= 0.6 is 11.3 Å². The first kappa shape index (κ1) is 18.4. The number of hydrogen-bond donors (Lipinski definition) is 2. The predicted octanol–water partition coefficient (Wildman–Crippen LogP) is 3.11. The summed E-state index contributed by atoms with van der Waals surface area (Å²) in [5, 5.41) is 2.99. The lowest BCUT2D eigenvalue weighted by molar-refractivity contribution is 0.168. The number of carbonyl (C=O) groups is 1. The van der Waals surface area contributed by atoms with Gasteiger partial charge in [0.25, 0.3) is 0 Å². The van der Waals surface area contributed by atoms with E-state index < -0.39 is 0 Å². The number of nitrogens with two attached hydrogens (primary N) is 1. The maximum absolute atomic E-state index is 12.8. The molecule has 28 heavy (non-hydrogen) atoms. The number of piperazine rings is 1. The van der Waals surface area contributed by atoms with Crippen LogP contribution < -0.4 is 16.0 Å². The Morgan fingerprint density at radius 2 is 1.93 bits per heavy atom. The van der Waals surface area contributed by atoms with Gasteiger partial charge in [-0.1, -0.05) is 17.7 Å². The van der Waals surface area contributed by atoms with Gasteiger partial charge in [-0.25, -0.2) is 14.8 Å². The van der Waals surface area contributed by atoms with E-state index in [0.717, 1.165) is 27.4 Å². The van der Waals surface area contributed by atoms with Gasteiger partial charge in [-0.2, -0.15) is 4.98 Å². The van der Waals surface area contributed by atoms with E-state index in [4.69, 9.17) is 5.73 Å². The lowest BCUT2D eigenvalue weighted by Crippen LogP contribution is -2.60. The van der Waals surface area contributed by atoms with E-state index in [2.05, 4.69) is 32.1 Å². The summed E-state index contributed by atoms with van der Waals surface area (Å²) in [6, 6.07) is 7.75. The van der Waals surface area contributed by atoms with E-state index in [9.17, 15) is 4.79 Å². The van der Waals surface area contributed by atoms with Crippen LogP contribution in [0.25, 0.3) is 10.3 Å². The Balaban J connectivity index is 1.53. The van der Waals surface area contributed by atoms with E-state index in [1.807, 2.05) is 43.0 Å². The number of aryl methyl sites for hydroxylation is 1. The Morgan fingerprint density at radius 1 is 1.18 bits per heavy atom. The molecule has 0 aliphatic carbocycles. The van der Waals surface area contributed by atoms with Gasteiger partial charge in [0, 0.05) is 24.8 Å². The first-order chi connectivity index (χ1) is 13.4. The normalized spacial score (nSPS) is 19.8. The quantitative estimate of drug-likeness (QED) is 0.689. The monoisotopic (exact) mass is 397 g/mol. The topological polar surface area (TPSA) is 100 Å². The number of rotatable bonds is 2. The average Bonchev–Trinajstić information content (AvgIpc) is 3.13. The van der Waals surface area contributed by atoms with Crippen LogP contribution in [0.4, 0.5) is 22.2 Å². The first-order valence-corrected chi connectivity index (χ1v) is 10.1. The molecule has 2 aromatic heterocycles. The number of urea groups is 1. The Hall–Kier alpha value is -2.94. The van der Waals surface area contributed by atoms with Crippen molar-refractivity contribution in [1.82, 2.24) is 19.9 Å². The van der Waals surface area contributed by atoms with Gasteiger partial charge in [0.2, 0.25) is 5.95 Å². The molecule has 3 N–H and O–H groups in total. The summed E-state index contributed by atoms with van der Waals surface area (Å²) in [5.74, 6) is 0.979. The minimum Gasteiger partial charge on any atom is -0.368 e. The molecule has 3 aromatic rings. The number of amides is 2. The standard InChI is InChI=1S/C19H23N7OS/c1-11-4-6-14(7-5-11)22-19(27)26-9-8-25(12(2)13(26)3)16-15-17(28-10-21-15)24-18(20)23-16/h4-7,10,12-13H,8-9H2,1-3H3,(H,22,27)(H2,20,23,24). The molecule has 2 amide bonds. The fourth-order valence-electron chi connectivity index (χ4n) is 3.52. The van der Waals surface area contributed by atoms with Crippen molar-refractivity contribution in [2.75, 3.05) is 29.0 Å². The molecule has 0 bridgehead atoms. The van der Waals surface area contributed by atoms with Gasteiger partial charge in [0.05, 0.1) is 11.6 Å². The molecule has 8 nitrogen and oxygen atoms in total. The smallest absolute Gasteiger partial charge is 0.322 e. The maximum atomic E-state index is 12.8. The fourth-order valence-corrected chi connectivity index (χ4v) is 4.18. The van der Waals surface area contributed by atoms with E-state index in [-0.39, 0.29) is 24.1 Å². The van der Waals surface area contributed by atoms with Crippen LogP contribution in [0.1, 0.15) is 19.4 Å². The molecule has 146 valence electrons. The highest BCUT2D eigenvalue weighted by atomic mass is 32.1. The van der Waals surface area contributed by atoms with Crippen molar-refractivity contribution in [3.63, 3.8) is 0 Å². The summed E-state index contributed by atoms with van der Waals surface area (Å²) in [7, 11) is 0. The Bertz CT molecular complexity index is 1000. The molecule has 9 heteroatoms. The van der Waals surface area contributed by atoms with E-state index in [1.54, 1.807) is 5.51 Å². The number of fused-ring (bicyclic) bond motifs is 1. The Kier molecular flexibility index (Phi) is 4.76. The summed E-state index contributed by atoms with van der Waals surface area (Å²) >= 11 is 1.45. The molecule has 1 aliphatic rings. The van der Waals surface area contributed by atoms with E-state index in [1.165, 1.54) is 11.3 Å². The molecule has 0 saturated carbocycles. The SMILES string of the molecule is Cc1ccc(NC(=O)N2CCN(c3nc(N)nc4scnc34)C(C)C2C)cc1. The van der Waals surface area contributed by atoms with Gasteiger partial charge >= 0.3 is 6.03 Å². The second-order valence-electron chi connectivity index (χ2n) is 7.08. The predicted molar refractivity (Wildman–Crippen MR) is 113 cm³/mol. The van der Waals surface area contributed by atoms with Crippen molar-refractivity contribution >= 4 is 45.2 Å². The minimum absolute atomic E-state index is 0.0101. The van der Waals surface area contributed by atoms with Gasteiger partial charge in [-0.15, -0.1) is 11.3 Å². The van der Waals surface area contributed by atoms with Crippen LogP contribution in [0.15, 0.2) is 29.8 Å². The number of hydrogen-bond acceptors (Lipinski definition) is 7. The van der Waals surface area contributed by atoms with Crippen LogP contribution in [0.5, 0.6) is 0 Å². The first-order valence-electron chi connectivity index (χ1n) is 9.21. The zero-order valence-electron chi connectivity index (χ0n) is 16.1. The number of benzene rings is 1. The molecule has 2 atom stereocenters. The zero-order chi connectivity index (χ0) is 19.8. The van der Waals surface area contributed by atoms with Crippen molar-refractivity contribution in [3.8, 4) is 0 Å². The van der Waals surface area contributed by atoms with Crippen molar-refractivity contribution in [2.24, 2.45) is 0 Å². The number of nitrogens with one attached hydrogen (secondary N) is 1. The third-order valence-electron chi connectivity index (χ3n) is 5.30. The second-order valence-corrected chi connectivity index (χ2v) is 7.91. The van der Waals surface area contributed by atoms with E-state index >= 15 is 0 Å². The van der Waals surface area contributed by atoms with Crippen LogP contribution in [0.3, 0.4) is 0 Å². The number of nitrogens with zero attached hydrogens (tertiary/aromatic N) is 5. The molecule has 1 aromatic carbocycles. The summed E-state index contributed by atoms with van der Waals surface area (Å²) in [6.45, 7) is 7.39. The molecule has 1 saturated heterocycles. The lowest BCUT2D eigenvalue weighted by Gasteiger charge is -2.45. The van der Waals surface area contributed by atoms with Crippen molar-refractivity contribution in [2.45, 2.75) is 32.9 Å². The summed E-state index contributed by atoms with van der Waals surface area (Å²) in [5.41, 5.74) is 10.4. The minimum atomic E-state index is -0.0936. The van der Waals surface area contributed by atoms with Crippen LogP contribution in [-0.2, 0) is 0 Å². The van der Waals surface area contributed by atoms with Gasteiger partial charge in [-0.3, -0.25) is 0 Å². The summed E-state index contributed by atoms with van der Waals surface area (Å²) < 4.78 is 0. The van der Waals surface area contributed by atoms with Crippen LogP contribution in [0.2, 0.25) is 0 Å². The molecular formula is C19H23N7OS. The number of aromatic nitrogens is 3. The highest BCUT2D eigenvalue weighted by molar-refractivity contribution is 7.16. The molecule has 3 heterocycles. The average molecular weight is 398 g/mol.